The molecule has 1 fully saturated rings. The van der Waals surface area contributed by atoms with E-state index in [1.807, 2.05) is 18.2 Å². The van der Waals surface area contributed by atoms with E-state index in [4.69, 9.17) is 0 Å². The van der Waals surface area contributed by atoms with Crippen molar-refractivity contribution >= 4 is 23.6 Å². The second kappa shape index (κ2) is 11.9. The third-order valence-electron chi connectivity index (χ3n) is 5.71. The van der Waals surface area contributed by atoms with Gasteiger partial charge in [0.1, 0.15) is 11.9 Å². The van der Waals surface area contributed by atoms with Crippen LogP contribution in [0.4, 0.5) is 4.39 Å². The largest absolute Gasteiger partial charge is 0.352 e. The van der Waals surface area contributed by atoms with Crippen molar-refractivity contribution in [3.63, 3.8) is 0 Å². The summed E-state index contributed by atoms with van der Waals surface area (Å²) in [7, 11) is 0. The van der Waals surface area contributed by atoms with E-state index in [9.17, 15) is 14.0 Å². The van der Waals surface area contributed by atoms with E-state index in [1.54, 1.807) is 35.7 Å². The highest BCUT2D eigenvalue weighted by molar-refractivity contribution is 7.98. The minimum atomic E-state index is -0.572. The molecule has 1 N–H and O–H groups in total. The lowest BCUT2D eigenvalue weighted by Crippen LogP contribution is -2.49. The van der Waals surface area contributed by atoms with Crippen molar-refractivity contribution in [2.75, 3.05) is 5.75 Å². The van der Waals surface area contributed by atoms with Gasteiger partial charge in [0, 0.05) is 30.5 Å². The fourth-order valence-corrected chi connectivity index (χ4v) is 4.72. The van der Waals surface area contributed by atoms with E-state index >= 15 is 0 Å². The average Bonchev–Trinajstić information content (AvgIpc) is 3.29. The lowest BCUT2D eigenvalue weighted by atomic mass is 10.1. The van der Waals surface area contributed by atoms with E-state index in [0.29, 0.717) is 18.7 Å². The second-order valence-electron chi connectivity index (χ2n) is 8.10. The summed E-state index contributed by atoms with van der Waals surface area (Å²) < 4.78 is 13.3. The Kier molecular flexibility index (Phi) is 8.95. The van der Waals surface area contributed by atoms with Crippen LogP contribution in [0.2, 0.25) is 0 Å². The molecule has 2 aromatic rings. The molecule has 0 unspecified atom stereocenters. The third kappa shape index (κ3) is 7.39. The molecule has 166 valence electrons. The van der Waals surface area contributed by atoms with Crippen LogP contribution in [0, 0.1) is 5.82 Å². The fourth-order valence-electron chi connectivity index (χ4n) is 3.83. The molecular weight excluding hydrogens is 411 g/mol. The van der Waals surface area contributed by atoms with Crippen LogP contribution in [0.3, 0.4) is 0 Å². The van der Waals surface area contributed by atoms with E-state index in [1.165, 1.54) is 17.7 Å². The van der Waals surface area contributed by atoms with Crippen LogP contribution >= 0.6 is 11.8 Å². The molecule has 1 atom stereocenters. The van der Waals surface area contributed by atoms with Crippen LogP contribution in [0.25, 0.3) is 0 Å². The van der Waals surface area contributed by atoms with Crippen LogP contribution in [0.15, 0.2) is 54.6 Å². The molecule has 1 aliphatic rings. The number of carbonyl (C=O) groups excluding carboxylic acids is 2. The van der Waals surface area contributed by atoms with E-state index < -0.39 is 6.04 Å². The number of hydrogen-bond donors (Lipinski definition) is 1. The van der Waals surface area contributed by atoms with Gasteiger partial charge in [-0.15, -0.1) is 0 Å². The zero-order valence-electron chi connectivity index (χ0n) is 18.1. The molecule has 2 aromatic carbocycles. The molecule has 0 saturated heterocycles. The van der Waals surface area contributed by atoms with Gasteiger partial charge in [0.2, 0.25) is 11.8 Å². The summed E-state index contributed by atoms with van der Waals surface area (Å²) in [6.07, 6.45) is 4.63. The molecule has 0 spiro atoms. The summed E-state index contributed by atoms with van der Waals surface area (Å²) in [5, 5.41) is 3.10. The van der Waals surface area contributed by atoms with E-state index in [0.717, 1.165) is 37.0 Å². The SMILES string of the molecule is C[C@H](C(=O)NC1CCCC1)N(Cc1ccc(F)cc1)C(=O)CCSCc1ccccc1. The number of nitrogens with one attached hydrogen (secondary N) is 1. The summed E-state index contributed by atoms with van der Waals surface area (Å²) in [4.78, 5) is 27.5. The predicted octanol–water partition coefficient (Wildman–Crippen LogP) is 4.93. The van der Waals surface area contributed by atoms with Gasteiger partial charge in [-0.05, 0) is 43.0 Å². The van der Waals surface area contributed by atoms with Gasteiger partial charge in [0.05, 0.1) is 0 Å². The van der Waals surface area contributed by atoms with Gasteiger partial charge in [-0.1, -0.05) is 55.3 Å². The number of hydrogen-bond acceptors (Lipinski definition) is 3. The zero-order chi connectivity index (χ0) is 22.1. The highest BCUT2D eigenvalue weighted by Gasteiger charge is 2.28. The van der Waals surface area contributed by atoms with Crippen LogP contribution in [-0.2, 0) is 21.9 Å². The Labute approximate surface area is 188 Å². The molecule has 0 aliphatic heterocycles. The van der Waals surface area contributed by atoms with Crippen molar-refractivity contribution in [2.24, 2.45) is 0 Å². The third-order valence-corrected chi connectivity index (χ3v) is 6.74. The number of carbonyl (C=O) groups is 2. The predicted molar refractivity (Wildman–Crippen MR) is 124 cm³/mol. The summed E-state index contributed by atoms with van der Waals surface area (Å²) in [6.45, 7) is 2.07. The van der Waals surface area contributed by atoms with Crippen molar-refractivity contribution < 1.29 is 14.0 Å². The van der Waals surface area contributed by atoms with Gasteiger partial charge in [0.25, 0.3) is 0 Å². The molecule has 0 aromatic heterocycles. The number of halogens is 1. The molecule has 0 bridgehead atoms. The number of amides is 2. The van der Waals surface area contributed by atoms with Gasteiger partial charge < -0.3 is 10.2 Å². The Balaban J connectivity index is 1.59. The Morgan fingerprint density at radius 3 is 2.42 bits per heavy atom. The minimum Gasteiger partial charge on any atom is -0.352 e. The van der Waals surface area contributed by atoms with Crippen molar-refractivity contribution in [2.45, 2.75) is 63.4 Å². The molecule has 0 radical (unpaired) electrons. The number of thioether (sulfide) groups is 1. The van der Waals surface area contributed by atoms with Crippen molar-refractivity contribution in [1.29, 1.82) is 0 Å². The first-order valence-electron chi connectivity index (χ1n) is 11.0. The molecule has 4 nitrogen and oxygen atoms in total. The number of rotatable bonds is 10. The molecule has 1 saturated carbocycles. The highest BCUT2D eigenvalue weighted by Crippen LogP contribution is 2.19. The van der Waals surface area contributed by atoms with Gasteiger partial charge in [-0.3, -0.25) is 9.59 Å². The second-order valence-corrected chi connectivity index (χ2v) is 9.21. The maximum absolute atomic E-state index is 13.3. The molecule has 2 amide bonds. The van der Waals surface area contributed by atoms with E-state index in [2.05, 4.69) is 17.4 Å². The number of nitrogens with zero attached hydrogens (tertiary/aromatic N) is 1. The smallest absolute Gasteiger partial charge is 0.242 e. The first kappa shape index (κ1) is 23.3. The lowest BCUT2D eigenvalue weighted by Gasteiger charge is -2.30. The Morgan fingerprint density at radius 1 is 1.06 bits per heavy atom. The maximum atomic E-state index is 13.3. The monoisotopic (exact) mass is 442 g/mol. The summed E-state index contributed by atoms with van der Waals surface area (Å²) >= 11 is 1.71. The fraction of sp³-hybridized carbons (Fsp3) is 0.440. The van der Waals surface area contributed by atoms with Crippen LogP contribution in [0.5, 0.6) is 0 Å². The standard InChI is InChI=1S/C25H31FN2O2S/c1-19(25(30)27-23-9-5-6-10-23)28(17-20-11-13-22(26)14-12-20)24(29)15-16-31-18-21-7-3-2-4-8-21/h2-4,7-8,11-14,19,23H,5-6,9-10,15-18H2,1H3,(H,27,30)/t19-/m1/s1. The van der Waals surface area contributed by atoms with E-state index in [-0.39, 0.29) is 23.7 Å². The first-order valence-corrected chi connectivity index (χ1v) is 12.1. The first-order chi connectivity index (χ1) is 15.0. The molecule has 3 rings (SSSR count). The molecule has 6 heteroatoms. The quantitative estimate of drug-likeness (QED) is 0.531. The van der Waals surface area contributed by atoms with Gasteiger partial charge in [-0.2, -0.15) is 11.8 Å². The van der Waals surface area contributed by atoms with Gasteiger partial charge in [-0.25, -0.2) is 4.39 Å². The van der Waals surface area contributed by atoms with Crippen molar-refractivity contribution in [1.82, 2.24) is 10.2 Å². The molecule has 0 heterocycles. The summed E-state index contributed by atoms with van der Waals surface area (Å²) in [5.41, 5.74) is 2.04. The van der Waals surface area contributed by atoms with Crippen LogP contribution < -0.4 is 5.32 Å². The van der Waals surface area contributed by atoms with Crippen molar-refractivity contribution in [3.8, 4) is 0 Å². The molecule has 31 heavy (non-hydrogen) atoms. The topological polar surface area (TPSA) is 49.4 Å². The molecular formula is C25H31FN2O2S. The number of benzene rings is 2. The average molecular weight is 443 g/mol. The molecule has 1 aliphatic carbocycles. The normalized spacial score (nSPS) is 14.9. The van der Waals surface area contributed by atoms with Crippen molar-refractivity contribution in [3.05, 3.63) is 71.5 Å². The summed E-state index contributed by atoms with van der Waals surface area (Å²) in [6, 6.07) is 15.9. The Bertz CT molecular complexity index is 838. The summed E-state index contributed by atoms with van der Waals surface area (Å²) in [5.74, 6) is 1.05. The van der Waals surface area contributed by atoms with Gasteiger partial charge >= 0.3 is 0 Å². The minimum absolute atomic E-state index is 0.0565. The Morgan fingerprint density at radius 2 is 1.74 bits per heavy atom. The van der Waals surface area contributed by atoms with Crippen LogP contribution in [-0.4, -0.2) is 34.6 Å². The lowest BCUT2D eigenvalue weighted by molar-refractivity contribution is -0.140. The zero-order valence-corrected chi connectivity index (χ0v) is 18.9. The maximum Gasteiger partial charge on any atom is 0.242 e. The van der Waals surface area contributed by atoms with Gasteiger partial charge in [0.15, 0.2) is 0 Å². The van der Waals surface area contributed by atoms with Crippen LogP contribution in [0.1, 0.15) is 50.2 Å². The Hall–Kier alpha value is -2.34. The highest BCUT2D eigenvalue weighted by atomic mass is 32.2.